The molecule has 0 saturated heterocycles. The Kier molecular flexibility index (Phi) is 5.44. The first-order chi connectivity index (χ1) is 14.5. The summed E-state index contributed by atoms with van der Waals surface area (Å²) in [6.45, 7) is 5.03. The summed E-state index contributed by atoms with van der Waals surface area (Å²) >= 11 is 0. The molecule has 7 nitrogen and oxygen atoms in total. The van der Waals surface area contributed by atoms with Gasteiger partial charge >= 0.3 is 0 Å². The first kappa shape index (κ1) is 20.3. The largest absolute Gasteiger partial charge is 0.308 e. The number of carbonyl (C=O) groups is 1. The first-order valence-corrected chi connectivity index (χ1v) is 11.4. The lowest BCUT2D eigenvalue weighted by molar-refractivity contribution is 0.0989. The number of fused-ring (bicyclic) bond motifs is 1. The van der Waals surface area contributed by atoms with E-state index in [0.29, 0.717) is 31.6 Å². The molecular weight excluding hydrogens is 400 g/mol. The number of aromatic nitrogens is 2. The number of amides is 1. The lowest BCUT2D eigenvalue weighted by Gasteiger charge is -2.20. The summed E-state index contributed by atoms with van der Waals surface area (Å²) in [5, 5.41) is 4.19. The van der Waals surface area contributed by atoms with E-state index in [-0.39, 0.29) is 10.8 Å². The molecule has 0 aliphatic carbocycles. The van der Waals surface area contributed by atoms with Crippen LogP contribution >= 0.6 is 0 Å². The molecule has 2 heterocycles. The van der Waals surface area contributed by atoms with Gasteiger partial charge in [0.1, 0.15) is 0 Å². The molecular formula is C22H24N4O3S. The summed E-state index contributed by atoms with van der Waals surface area (Å²) in [5.74, 6) is -0.0971. The third kappa shape index (κ3) is 3.53. The second-order valence-corrected chi connectivity index (χ2v) is 9.02. The van der Waals surface area contributed by atoms with E-state index in [1.807, 2.05) is 38.2 Å². The van der Waals surface area contributed by atoms with Crippen molar-refractivity contribution in [1.29, 1.82) is 0 Å². The van der Waals surface area contributed by atoms with Crippen molar-refractivity contribution in [2.45, 2.75) is 25.2 Å². The monoisotopic (exact) mass is 424 g/mol. The lowest BCUT2D eigenvalue weighted by Crippen LogP contribution is -2.30. The van der Waals surface area contributed by atoms with Crippen LogP contribution in [0, 0.1) is 0 Å². The van der Waals surface area contributed by atoms with Gasteiger partial charge in [0, 0.05) is 43.3 Å². The molecule has 1 amide bonds. The van der Waals surface area contributed by atoms with Crippen LogP contribution in [0.3, 0.4) is 0 Å². The van der Waals surface area contributed by atoms with Crippen molar-refractivity contribution in [2.75, 3.05) is 24.5 Å². The highest BCUT2D eigenvalue weighted by Gasteiger charge is 2.29. The van der Waals surface area contributed by atoms with E-state index in [9.17, 15) is 13.2 Å². The van der Waals surface area contributed by atoms with Gasteiger partial charge in [-0.25, -0.2) is 13.1 Å². The highest BCUT2D eigenvalue weighted by atomic mass is 32.2. The number of anilines is 1. The Hall–Kier alpha value is -2.97. The van der Waals surface area contributed by atoms with E-state index < -0.39 is 10.0 Å². The van der Waals surface area contributed by atoms with Crippen LogP contribution in [-0.4, -0.2) is 48.0 Å². The van der Waals surface area contributed by atoms with E-state index in [2.05, 4.69) is 5.10 Å². The van der Waals surface area contributed by atoms with Gasteiger partial charge in [-0.15, -0.1) is 0 Å². The molecule has 0 bridgehead atoms. The molecule has 0 radical (unpaired) electrons. The van der Waals surface area contributed by atoms with Gasteiger partial charge in [0.25, 0.3) is 5.91 Å². The van der Waals surface area contributed by atoms with Gasteiger partial charge < -0.3 is 4.90 Å². The Morgan fingerprint density at radius 3 is 2.47 bits per heavy atom. The maximum absolute atomic E-state index is 13.1. The van der Waals surface area contributed by atoms with E-state index in [1.54, 1.807) is 46.1 Å². The third-order valence-electron chi connectivity index (χ3n) is 5.42. The van der Waals surface area contributed by atoms with Crippen molar-refractivity contribution in [3.8, 4) is 5.69 Å². The number of hydrogen-bond donors (Lipinski definition) is 0. The quantitative estimate of drug-likeness (QED) is 0.609. The van der Waals surface area contributed by atoms with Crippen molar-refractivity contribution < 1.29 is 13.2 Å². The van der Waals surface area contributed by atoms with Gasteiger partial charge in [0.15, 0.2) is 0 Å². The zero-order chi connectivity index (χ0) is 21.3. The molecule has 4 rings (SSSR count). The average molecular weight is 425 g/mol. The number of nitrogens with zero attached hydrogens (tertiary/aromatic N) is 4. The van der Waals surface area contributed by atoms with Gasteiger partial charge in [-0.05, 0) is 60.5 Å². The van der Waals surface area contributed by atoms with Crippen LogP contribution in [0.15, 0.2) is 65.8 Å². The van der Waals surface area contributed by atoms with Crippen LogP contribution in [0.1, 0.15) is 29.8 Å². The summed E-state index contributed by atoms with van der Waals surface area (Å²) in [6, 6.07) is 14.2. The van der Waals surface area contributed by atoms with Crippen LogP contribution in [0.4, 0.5) is 5.69 Å². The van der Waals surface area contributed by atoms with Crippen LogP contribution in [-0.2, 0) is 16.4 Å². The SMILES string of the molecule is CCN(CC)S(=O)(=O)c1ccc2c(c1)CCN2C(=O)c1ccc(-n2cccn2)cc1. The topological polar surface area (TPSA) is 75.5 Å². The van der Waals surface area contributed by atoms with E-state index in [1.165, 1.54) is 4.31 Å². The Morgan fingerprint density at radius 1 is 1.10 bits per heavy atom. The fraction of sp³-hybridized carbons (Fsp3) is 0.273. The molecule has 2 aromatic carbocycles. The Morgan fingerprint density at radius 2 is 1.83 bits per heavy atom. The van der Waals surface area contributed by atoms with Gasteiger partial charge in [0.2, 0.25) is 10.0 Å². The third-order valence-corrected chi connectivity index (χ3v) is 7.46. The van der Waals surface area contributed by atoms with Crippen LogP contribution in [0.5, 0.6) is 0 Å². The highest BCUT2D eigenvalue weighted by Crippen LogP contribution is 2.32. The van der Waals surface area contributed by atoms with E-state index in [0.717, 1.165) is 16.9 Å². The number of sulfonamides is 1. The standard InChI is InChI=1S/C22H24N4O3S/c1-3-24(4-2)30(28,29)20-10-11-21-18(16-20)12-15-25(21)22(27)17-6-8-19(9-7-17)26-14-5-13-23-26/h5-11,13-14,16H,3-4,12,15H2,1-2H3. The minimum absolute atomic E-state index is 0.0971. The second-order valence-electron chi connectivity index (χ2n) is 7.08. The molecule has 0 saturated carbocycles. The second kappa shape index (κ2) is 8.04. The minimum Gasteiger partial charge on any atom is -0.308 e. The minimum atomic E-state index is -3.52. The molecule has 1 aliphatic rings. The van der Waals surface area contributed by atoms with Crippen molar-refractivity contribution in [3.63, 3.8) is 0 Å². The Balaban J connectivity index is 1.58. The maximum atomic E-state index is 13.1. The number of hydrogen-bond acceptors (Lipinski definition) is 4. The molecule has 0 atom stereocenters. The van der Waals surface area contributed by atoms with Gasteiger partial charge in [-0.2, -0.15) is 9.40 Å². The van der Waals surface area contributed by atoms with Crippen molar-refractivity contribution >= 4 is 21.6 Å². The van der Waals surface area contributed by atoms with Gasteiger partial charge in [0.05, 0.1) is 10.6 Å². The molecule has 0 spiro atoms. The van der Waals surface area contributed by atoms with Crippen molar-refractivity contribution in [1.82, 2.24) is 14.1 Å². The Labute approximate surface area is 176 Å². The zero-order valence-electron chi connectivity index (χ0n) is 17.0. The molecule has 0 N–H and O–H groups in total. The number of carbonyl (C=O) groups excluding carboxylic acids is 1. The molecule has 8 heteroatoms. The van der Waals surface area contributed by atoms with Gasteiger partial charge in [-0.3, -0.25) is 4.79 Å². The summed E-state index contributed by atoms with van der Waals surface area (Å²) in [7, 11) is -3.52. The fourth-order valence-electron chi connectivity index (χ4n) is 3.80. The van der Waals surface area contributed by atoms with Crippen LogP contribution in [0.2, 0.25) is 0 Å². The Bertz CT molecular complexity index is 1150. The molecule has 0 unspecified atom stereocenters. The fourth-order valence-corrected chi connectivity index (χ4v) is 5.31. The number of benzene rings is 2. The number of rotatable bonds is 6. The van der Waals surface area contributed by atoms with Crippen molar-refractivity contribution in [2.24, 2.45) is 0 Å². The lowest BCUT2D eigenvalue weighted by atomic mass is 10.1. The van der Waals surface area contributed by atoms with Crippen molar-refractivity contribution in [3.05, 3.63) is 72.1 Å². The van der Waals surface area contributed by atoms with Crippen LogP contribution in [0.25, 0.3) is 5.69 Å². The molecule has 1 aliphatic heterocycles. The normalized spacial score (nSPS) is 13.6. The predicted octanol–water partition coefficient (Wildman–Crippen LogP) is 3.11. The zero-order valence-corrected chi connectivity index (χ0v) is 17.8. The smallest absolute Gasteiger partial charge is 0.258 e. The predicted molar refractivity (Wildman–Crippen MR) is 115 cm³/mol. The van der Waals surface area contributed by atoms with Gasteiger partial charge in [-0.1, -0.05) is 13.8 Å². The summed E-state index contributed by atoms with van der Waals surface area (Å²) < 4.78 is 28.8. The summed E-state index contributed by atoms with van der Waals surface area (Å²) in [5.41, 5.74) is 3.11. The van der Waals surface area contributed by atoms with Crippen LogP contribution < -0.4 is 4.90 Å². The van der Waals surface area contributed by atoms with E-state index in [4.69, 9.17) is 0 Å². The summed E-state index contributed by atoms with van der Waals surface area (Å²) in [6.07, 6.45) is 4.18. The highest BCUT2D eigenvalue weighted by molar-refractivity contribution is 7.89. The molecule has 156 valence electrons. The summed E-state index contributed by atoms with van der Waals surface area (Å²) in [4.78, 5) is 15.1. The maximum Gasteiger partial charge on any atom is 0.258 e. The molecule has 0 fully saturated rings. The van der Waals surface area contributed by atoms with E-state index >= 15 is 0 Å². The molecule has 30 heavy (non-hydrogen) atoms. The first-order valence-electron chi connectivity index (χ1n) is 10.0. The average Bonchev–Trinajstić information content (AvgIpc) is 3.44. The molecule has 3 aromatic rings. The molecule has 1 aromatic heterocycles.